The number of carbonyl (C=O) groups is 3. The van der Waals surface area contributed by atoms with Crippen LogP contribution < -0.4 is 20.8 Å². The summed E-state index contributed by atoms with van der Waals surface area (Å²) in [6.07, 6.45) is 2.65. The molecule has 4 N–H and O–H groups in total. The van der Waals surface area contributed by atoms with Crippen molar-refractivity contribution >= 4 is 34.3 Å². The summed E-state index contributed by atoms with van der Waals surface area (Å²) < 4.78 is 37.9. The number of piperidine rings is 1. The largest absolute Gasteiger partial charge is 0.492 e. The van der Waals surface area contributed by atoms with Gasteiger partial charge in [-0.2, -0.15) is 0 Å². The average molecular weight is 534 g/mol. The molecule has 1 aliphatic heterocycles. The van der Waals surface area contributed by atoms with Gasteiger partial charge in [0.05, 0.1) is 30.5 Å². The molecule has 38 heavy (non-hydrogen) atoms. The lowest BCUT2D eigenvalue weighted by Gasteiger charge is -2.33. The highest BCUT2D eigenvalue weighted by atomic mass is 19.1. The van der Waals surface area contributed by atoms with E-state index < -0.39 is 52.8 Å². The van der Waals surface area contributed by atoms with Crippen molar-refractivity contribution in [3.8, 4) is 5.75 Å². The fraction of sp³-hybridized carbons (Fsp3) is 0.462. The molecule has 2 fully saturated rings. The van der Waals surface area contributed by atoms with Crippen LogP contribution in [0.5, 0.6) is 5.75 Å². The SMILES string of the molecule is COc1c(N2CCC/C(=C(\F)CCC(=O)[C@@H](N)CC(=O)O)C2)c(F)cc2c(=O)c(C(=O)O)cn(C3CC3)c12. The Bertz CT molecular complexity index is 1400. The Labute approximate surface area is 216 Å². The number of methoxy groups -OCH3 is 1. The Hall–Kier alpha value is -3.80. The molecule has 1 saturated heterocycles. The van der Waals surface area contributed by atoms with E-state index >= 15 is 8.78 Å². The number of nitrogens with zero attached hydrogens (tertiary/aromatic N) is 2. The van der Waals surface area contributed by atoms with Crippen molar-refractivity contribution in [1.82, 2.24) is 4.57 Å². The van der Waals surface area contributed by atoms with Crippen LogP contribution in [0.1, 0.15) is 61.3 Å². The van der Waals surface area contributed by atoms with Gasteiger partial charge < -0.3 is 30.2 Å². The fourth-order valence-corrected chi connectivity index (χ4v) is 4.91. The van der Waals surface area contributed by atoms with Crippen LogP contribution in [0.25, 0.3) is 10.9 Å². The van der Waals surface area contributed by atoms with Gasteiger partial charge in [0.15, 0.2) is 17.3 Å². The number of anilines is 1. The first kappa shape index (κ1) is 27.2. The van der Waals surface area contributed by atoms with Gasteiger partial charge in [-0.25, -0.2) is 13.6 Å². The number of hydrogen-bond donors (Lipinski definition) is 3. The summed E-state index contributed by atoms with van der Waals surface area (Å²) in [5, 5.41) is 18.2. The zero-order valence-corrected chi connectivity index (χ0v) is 20.8. The molecule has 204 valence electrons. The number of pyridine rings is 1. The van der Waals surface area contributed by atoms with E-state index in [0.717, 1.165) is 18.9 Å². The molecule has 2 aliphatic rings. The summed E-state index contributed by atoms with van der Waals surface area (Å²) in [6, 6.07) is -0.255. The first-order chi connectivity index (χ1) is 18.0. The lowest BCUT2D eigenvalue weighted by molar-refractivity contribution is -0.139. The number of carboxylic acid groups (broad SMARTS) is 2. The number of Topliss-reactive ketones (excluding diaryl/α,β-unsaturated/α-hetero) is 1. The number of aromatic nitrogens is 1. The van der Waals surface area contributed by atoms with Crippen LogP contribution in [0.2, 0.25) is 0 Å². The monoisotopic (exact) mass is 533 g/mol. The molecule has 1 saturated carbocycles. The predicted octanol–water partition coefficient (Wildman–Crippen LogP) is 3.16. The summed E-state index contributed by atoms with van der Waals surface area (Å²) in [7, 11) is 1.33. The van der Waals surface area contributed by atoms with Crippen LogP contribution in [0.3, 0.4) is 0 Å². The maximum Gasteiger partial charge on any atom is 0.341 e. The van der Waals surface area contributed by atoms with E-state index in [1.165, 1.54) is 13.3 Å². The molecule has 4 rings (SSSR count). The number of aliphatic carboxylic acids is 1. The summed E-state index contributed by atoms with van der Waals surface area (Å²) in [4.78, 5) is 49.0. The van der Waals surface area contributed by atoms with Crippen LogP contribution in [0.15, 0.2) is 28.5 Å². The highest BCUT2D eigenvalue weighted by Crippen LogP contribution is 2.44. The van der Waals surface area contributed by atoms with Crippen LogP contribution in [-0.2, 0) is 9.59 Å². The number of allylic oxidation sites excluding steroid dienone is 1. The Morgan fingerprint density at radius 3 is 2.55 bits per heavy atom. The topological polar surface area (TPSA) is 152 Å². The molecule has 0 bridgehead atoms. The number of ether oxygens (including phenoxy) is 1. The van der Waals surface area contributed by atoms with Crippen molar-refractivity contribution in [2.75, 3.05) is 25.1 Å². The van der Waals surface area contributed by atoms with E-state index in [2.05, 4.69) is 0 Å². The second-order valence-electron chi connectivity index (χ2n) is 9.66. The summed E-state index contributed by atoms with van der Waals surface area (Å²) in [5.74, 6) is -4.45. The first-order valence-corrected chi connectivity index (χ1v) is 12.3. The predicted molar refractivity (Wildman–Crippen MR) is 134 cm³/mol. The molecular formula is C26H29F2N3O7. The quantitative estimate of drug-likeness (QED) is 0.418. The van der Waals surface area contributed by atoms with Gasteiger partial charge in [-0.15, -0.1) is 0 Å². The van der Waals surface area contributed by atoms with E-state index in [1.54, 1.807) is 9.47 Å². The molecule has 2 heterocycles. The molecule has 12 heteroatoms. The smallest absolute Gasteiger partial charge is 0.341 e. The van der Waals surface area contributed by atoms with Crippen LogP contribution >= 0.6 is 0 Å². The number of benzene rings is 1. The summed E-state index contributed by atoms with van der Waals surface area (Å²) >= 11 is 0. The van der Waals surface area contributed by atoms with Gasteiger partial charge >= 0.3 is 11.9 Å². The van der Waals surface area contributed by atoms with Crippen molar-refractivity contribution in [2.45, 2.75) is 57.0 Å². The van der Waals surface area contributed by atoms with Gasteiger partial charge in [0.1, 0.15) is 17.1 Å². The Balaban J connectivity index is 1.69. The molecule has 1 aromatic heterocycles. The normalized spacial score (nSPS) is 17.8. The van der Waals surface area contributed by atoms with Gasteiger partial charge in [-0.3, -0.25) is 14.4 Å². The Kier molecular flexibility index (Phi) is 7.81. The molecule has 1 aromatic carbocycles. The number of rotatable bonds is 10. The fourth-order valence-electron chi connectivity index (χ4n) is 4.91. The number of nitrogens with two attached hydrogens (primary N) is 1. The highest BCUT2D eigenvalue weighted by Gasteiger charge is 2.32. The Morgan fingerprint density at radius 1 is 1.24 bits per heavy atom. The van der Waals surface area contributed by atoms with Crippen molar-refractivity contribution in [3.63, 3.8) is 0 Å². The molecule has 0 radical (unpaired) electrons. The van der Waals surface area contributed by atoms with E-state index in [-0.39, 0.29) is 47.8 Å². The lowest BCUT2D eigenvalue weighted by atomic mass is 9.98. The number of fused-ring (bicyclic) bond motifs is 1. The molecule has 0 unspecified atom stereocenters. The minimum Gasteiger partial charge on any atom is -0.492 e. The highest BCUT2D eigenvalue weighted by molar-refractivity contribution is 5.97. The summed E-state index contributed by atoms with van der Waals surface area (Å²) in [5.41, 5.74) is 4.99. The molecular weight excluding hydrogens is 504 g/mol. The number of aromatic carboxylic acids is 1. The third kappa shape index (κ3) is 5.40. The molecule has 0 amide bonds. The molecule has 1 aliphatic carbocycles. The number of ketones is 1. The van der Waals surface area contributed by atoms with Crippen LogP contribution in [0.4, 0.5) is 14.5 Å². The standard InChI is InChI=1S/C26H29F2N3O7/c1-38-25-22-15(24(35)16(26(36)37)12-31(22)14-4-5-14)9-18(28)23(25)30-8-2-3-13(11-30)17(27)6-7-20(32)19(29)10-21(33)34/h9,12,14,19H,2-8,10-11,29H2,1H3,(H,33,34)(H,36,37)/b17-13+/t19-/m0/s1. The van der Waals surface area contributed by atoms with Crippen molar-refractivity contribution < 1.29 is 38.1 Å². The molecule has 10 nitrogen and oxygen atoms in total. The number of halogens is 2. The van der Waals surface area contributed by atoms with Crippen molar-refractivity contribution in [1.29, 1.82) is 0 Å². The minimum atomic E-state index is -1.40. The minimum absolute atomic E-state index is 0.0147. The van der Waals surface area contributed by atoms with Gasteiger partial charge in [0.25, 0.3) is 0 Å². The third-order valence-corrected chi connectivity index (χ3v) is 6.96. The van der Waals surface area contributed by atoms with E-state index in [9.17, 15) is 24.3 Å². The number of carboxylic acids is 2. The van der Waals surface area contributed by atoms with Gasteiger partial charge in [-0.1, -0.05) is 0 Å². The van der Waals surface area contributed by atoms with E-state index in [0.29, 0.717) is 25.0 Å². The second kappa shape index (κ2) is 10.9. The zero-order chi connectivity index (χ0) is 27.7. The second-order valence-corrected chi connectivity index (χ2v) is 9.66. The van der Waals surface area contributed by atoms with Crippen molar-refractivity contribution in [3.05, 3.63) is 45.3 Å². The van der Waals surface area contributed by atoms with Gasteiger partial charge in [-0.05, 0) is 37.3 Å². The third-order valence-electron chi connectivity index (χ3n) is 6.96. The number of hydrogen-bond acceptors (Lipinski definition) is 7. The van der Waals surface area contributed by atoms with Gasteiger partial charge in [0.2, 0.25) is 5.43 Å². The maximum absolute atomic E-state index is 15.6. The zero-order valence-electron chi connectivity index (χ0n) is 20.8. The lowest BCUT2D eigenvalue weighted by Crippen LogP contribution is -2.34. The molecule has 0 spiro atoms. The average Bonchev–Trinajstić information content (AvgIpc) is 3.71. The first-order valence-electron chi connectivity index (χ1n) is 12.3. The van der Waals surface area contributed by atoms with Crippen LogP contribution in [0, 0.1) is 5.82 Å². The molecule has 1 atom stereocenters. The Morgan fingerprint density at radius 2 is 1.95 bits per heavy atom. The summed E-state index contributed by atoms with van der Waals surface area (Å²) in [6.45, 7) is 0.389. The van der Waals surface area contributed by atoms with Crippen molar-refractivity contribution in [2.24, 2.45) is 5.73 Å². The molecule has 2 aromatic rings. The van der Waals surface area contributed by atoms with Gasteiger partial charge in [0, 0.05) is 38.2 Å². The maximum atomic E-state index is 15.6. The van der Waals surface area contributed by atoms with E-state index in [4.69, 9.17) is 15.6 Å². The van der Waals surface area contributed by atoms with E-state index in [1.807, 2.05) is 0 Å². The van der Waals surface area contributed by atoms with Crippen LogP contribution in [-0.4, -0.2) is 58.7 Å². The number of carbonyl (C=O) groups excluding carboxylic acids is 1.